The largest absolute Gasteiger partial charge is 0.340 e. The third-order valence-corrected chi connectivity index (χ3v) is 8.51. The molecule has 2 fully saturated rings. The van der Waals surface area contributed by atoms with Crippen molar-refractivity contribution in [1.29, 1.82) is 5.26 Å². The summed E-state index contributed by atoms with van der Waals surface area (Å²) >= 11 is 0. The Morgan fingerprint density at radius 2 is 1.74 bits per heavy atom. The zero-order valence-corrected chi connectivity index (χ0v) is 24.0. The molecular formula is C33H33N7O3. The average Bonchev–Trinajstić information content (AvgIpc) is 3.64. The molecule has 3 aromatic carbocycles. The van der Waals surface area contributed by atoms with Gasteiger partial charge >= 0.3 is 6.03 Å². The van der Waals surface area contributed by atoms with E-state index in [1.807, 2.05) is 66.2 Å². The van der Waals surface area contributed by atoms with Gasteiger partial charge in [0.2, 0.25) is 5.91 Å². The number of hydrogen-bond donors (Lipinski definition) is 0. The molecule has 2 saturated heterocycles. The van der Waals surface area contributed by atoms with Crippen molar-refractivity contribution in [2.75, 3.05) is 39.8 Å². The van der Waals surface area contributed by atoms with Crippen LogP contribution in [0.25, 0.3) is 10.8 Å². The molecule has 0 unspecified atom stereocenters. The highest BCUT2D eigenvalue weighted by Gasteiger charge is 2.47. The summed E-state index contributed by atoms with van der Waals surface area (Å²) in [5, 5.41) is 11.3. The number of rotatable bonds is 8. The van der Waals surface area contributed by atoms with Gasteiger partial charge in [0, 0.05) is 45.1 Å². The molecule has 10 nitrogen and oxygen atoms in total. The Kier molecular flexibility index (Phi) is 7.90. The zero-order chi connectivity index (χ0) is 29.9. The van der Waals surface area contributed by atoms with E-state index in [-0.39, 0.29) is 31.3 Å². The molecule has 43 heavy (non-hydrogen) atoms. The molecule has 2 atom stereocenters. The van der Waals surface area contributed by atoms with E-state index in [1.54, 1.807) is 40.7 Å². The predicted octanol–water partition coefficient (Wildman–Crippen LogP) is 3.49. The number of piperazine rings is 1. The van der Waals surface area contributed by atoms with Crippen molar-refractivity contribution in [3.8, 4) is 6.07 Å². The second-order valence-corrected chi connectivity index (χ2v) is 11.2. The molecule has 0 radical (unpaired) electrons. The number of hydrogen-bond acceptors (Lipinski definition) is 6. The molecule has 4 aromatic rings. The minimum atomic E-state index is -0.914. The summed E-state index contributed by atoms with van der Waals surface area (Å²) in [5.41, 5.74) is 2.26. The van der Waals surface area contributed by atoms with Crippen LogP contribution >= 0.6 is 0 Å². The molecule has 0 bridgehead atoms. The smallest absolute Gasteiger partial charge is 0.327 e. The van der Waals surface area contributed by atoms with Gasteiger partial charge < -0.3 is 19.3 Å². The molecule has 0 spiro atoms. The number of urea groups is 1. The van der Waals surface area contributed by atoms with E-state index >= 15 is 0 Å². The van der Waals surface area contributed by atoms with E-state index in [0.717, 1.165) is 35.0 Å². The lowest BCUT2D eigenvalue weighted by Gasteiger charge is -2.33. The maximum absolute atomic E-state index is 14.1. The number of benzene rings is 3. The Balaban J connectivity index is 1.32. The van der Waals surface area contributed by atoms with Gasteiger partial charge in [-0.1, -0.05) is 54.6 Å². The molecule has 10 heteroatoms. The van der Waals surface area contributed by atoms with Crippen LogP contribution in [-0.2, 0) is 16.1 Å². The number of fused-ring (bicyclic) bond motifs is 1. The van der Waals surface area contributed by atoms with E-state index < -0.39 is 18.1 Å². The monoisotopic (exact) mass is 575 g/mol. The number of carbonyl (C=O) groups excluding carboxylic acids is 3. The third kappa shape index (κ3) is 5.72. The fourth-order valence-corrected chi connectivity index (χ4v) is 5.98. The molecule has 2 aliphatic rings. The molecule has 3 heterocycles. The molecule has 6 rings (SSSR count). The lowest BCUT2D eigenvalue weighted by Crippen LogP contribution is -2.49. The summed E-state index contributed by atoms with van der Waals surface area (Å²) in [6.07, 6.45) is 5.02. The van der Waals surface area contributed by atoms with Gasteiger partial charge in [-0.05, 0) is 41.1 Å². The topological polar surface area (TPSA) is 106 Å². The van der Waals surface area contributed by atoms with Crippen LogP contribution in [0.5, 0.6) is 0 Å². The number of imide groups is 1. The maximum Gasteiger partial charge on any atom is 0.327 e. The van der Waals surface area contributed by atoms with Crippen LogP contribution in [0.3, 0.4) is 0 Å². The average molecular weight is 576 g/mol. The quantitative estimate of drug-likeness (QED) is 0.298. The Morgan fingerprint density at radius 3 is 2.47 bits per heavy atom. The van der Waals surface area contributed by atoms with Crippen molar-refractivity contribution in [3.05, 3.63) is 102 Å². The number of imidazole rings is 1. The Morgan fingerprint density at radius 1 is 1.00 bits per heavy atom. The van der Waals surface area contributed by atoms with E-state index in [0.29, 0.717) is 18.7 Å². The van der Waals surface area contributed by atoms with Gasteiger partial charge in [-0.3, -0.25) is 14.5 Å². The van der Waals surface area contributed by atoms with E-state index in [2.05, 4.69) is 16.0 Å². The van der Waals surface area contributed by atoms with Crippen LogP contribution in [0.4, 0.5) is 4.79 Å². The van der Waals surface area contributed by atoms with Crippen molar-refractivity contribution in [1.82, 2.24) is 29.2 Å². The second-order valence-electron chi connectivity index (χ2n) is 11.2. The van der Waals surface area contributed by atoms with Crippen LogP contribution in [-0.4, -0.2) is 92.8 Å². The van der Waals surface area contributed by atoms with Crippen molar-refractivity contribution in [3.63, 3.8) is 0 Å². The van der Waals surface area contributed by atoms with E-state index in [4.69, 9.17) is 0 Å². The molecule has 0 aliphatic carbocycles. The van der Waals surface area contributed by atoms with Gasteiger partial charge in [-0.25, -0.2) is 9.78 Å². The summed E-state index contributed by atoms with van der Waals surface area (Å²) < 4.78 is 1.85. The molecule has 1 aromatic heterocycles. The molecule has 0 saturated carbocycles. The van der Waals surface area contributed by atoms with E-state index in [9.17, 15) is 19.6 Å². The van der Waals surface area contributed by atoms with E-state index in [1.165, 1.54) is 4.90 Å². The predicted molar refractivity (Wildman–Crippen MR) is 161 cm³/mol. The lowest BCUT2D eigenvalue weighted by molar-refractivity contribution is -0.138. The summed E-state index contributed by atoms with van der Waals surface area (Å²) in [7, 11) is 2.02. The normalized spacial score (nSPS) is 18.3. The van der Waals surface area contributed by atoms with Crippen molar-refractivity contribution >= 4 is 28.6 Å². The molecule has 4 amide bonds. The van der Waals surface area contributed by atoms with Gasteiger partial charge in [0.25, 0.3) is 5.91 Å². The highest BCUT2D eigenvalue weighted by Crippen LogP contribution is 2.30. The molecule has 218 valence electrons. The first-order valence-electron chi connectivity index (χ1n) is 14.5. The number of likely N-dealkylation sites (N-methyl/N-ethyl adjacent to an activating group) is 1. The highest BCUT2D eigenvalue weighted by molar-refractivity contribution is 6.06. The van der Waals surface area contributed by atoms with Gasteiger partial charge in [0.1, 0.15) is 6.04 Å². The van der Waals surface area contributed by atoms with Gasteiger partial charge in [0.05, 0.1) is 37.0 Å². The Labute approximate surface area is 250 Å². The molecule has 0 N–H and O–H groups in total. The lowest BCUT2D eigenvalue weighted by atomic mass is 10.0. The minimum absolute atomic E-state index is 0.0607. The fraction of sp³-hybridized carbons (Fsp3) is 0.303. The summed E-state index contributed by atoms with van der Waals surface area (Å²) in [6.45, 7) is 3.00. The number of nitrogens with zero attached hydrogens (tertiary/aromatic N) is 7. The first-order chi connectivity index (χ1) is 20.9. The van der Waals surface area contributed by atoms with Crippen LogP contribution in [0, 0.1) is 11.3 Å². The summed E-state index contributed by atoms with van der Waals surface area (Å²) in [4.78, 5) is 52.7. The van der Waals surface area contributed by atoms with Crippen molar-refractivity contribution in [2.24, 2.45) is 0 Å². The van der Waals surface area contributed by atoms with Crippen molar-refractivity contribution in [2.45, 2.75) is 25.0 Å². The SMILES string of the molecule is CN1CCN(C(=O)C[C@H]2C(=O)N(C[C@H](c3ccc(C#N)cc3)n3ccnc3)C(=O)N2Cc2cccc3ccccc23)CC1. The van der Waals surface area contributed by atoms with Crippen molar-refractivity contribution < 1.29 is 14.4 Å². The number of aromatic nitrogens is 2. The maximum atomic E-state index is 14.1. The Hall–Kier alpha value is -5.01. The summed E-state index contributed by atoms with van der Waals surface area (Å²) in [5.74, 6) is -0.506. The fourth-order valence-electron chi connectivity index (χ4n) is 5.98. The third-order valence-electron chi connectivity index (χ3n) is 8.51. The Bertz CT molecular complexity index is 1670. The summed E-state index contributed by atoms with van der Waals surface area (Å²) in [6, 6.07) is 21.3. The standard InChI is InChI=1S/C33H33N7O3/c1-36-15-17-37(18-16-36)31(41)19-29-32(42)40(22-30(38-14-13-35-23-38)26-11-9-24(20-34)10-12-26)33(43)39(29)21-27-7-4-6-25-5-2-3-8-28(25)27/h2-14,23,29-30H,15-19,21-22H2,1H3/t29-,30+/m0/s1. The van der Waals surface area contributed by atoms with Gasteiger partial charge in [-0.15, -0.1) is 0 Å². The number of amides is 4. The van der Waals surface area contributed by atoms with Gasteiger partial charge in [-0.2, -0.15) is 5.26 Å². The van der Waals surface area contributed by atoms with Crippen LogP contribution in [0.2, 0.25) is 0 Å². The minimum Gasteiger partial charge on any atom is -0.340 e. The number of carbonyl (C=O) groups is 3. The number of nitriles is 1. The highest BCUT2D eigenvalue weighted by atomic mass is 16.2. The molecular weight excluding hydrogens is 542 g/mol. The second kappa shape index (κ2) is 12.1. The molecule has 2 aliphatic heterocycles. The van der Waals surface area contributed by atoms with Crippen LogP contribution in [0.15, 0.2) is 85.5 Å². The van der Waals surface area contributed by atoms with Gasteiger partial charge in [0.15, 0.2) is 0 Å². The zero-order valence-electron chi connectivity index (χ0n) is 24.0. The first kappa shape index (κ1) is 28.1. The van der Waals surface area contributed by atoms with Crippen LogP contribution in [0.1, 0.15) is 29.2 Å². The first-order valence-corrected chi connectivity index (χ1v) is 14.5. The van der Waals surface area contributed by atoms with Crippen LogP contribution < -0.4 is 0 Å².